The first kappa shape index (κ1) is 20.3. The number of nitrogens with zero attached hydrogens (tertiary/aromatic N) is 1. The minimum Gasteiger partial charge on any atom is -0.451 e. The number of halogens is 2. The van der Waals surface area contributed by atoms with Crippen molar-refractivity contribution in [3.63, 3.8) is 0 Å². The van der Waals surface area contributed by atoms with Crippen molar-refractivity contribution >= 4 is 40.5 Å². The van der Waals surface area contributed by atoms with Gasteiger partial charge in [0.2, 0.25) is 0 Å². The van der Waals surface area contributed by atoms with Crippen LogP contribution in [0.4, 0.5) is 11.4 Å². The highest BCUT2D eigenvalue weighted by Gasteiger charge is 2.16. The fourth-order valence-electron chi connectivity index (χ4n) is 3.06. The van der Waals surface area contributed by atoms with Crippen LogP contribution in [0.5, 0.6) is 0 Å². The lowest BCUT2D eigenvalue weighted by Crippen LogP contribution is -2.22. The molecule has 1 heterocycles. The van der Waals surface area contributed by atoms with E-state index in [2.05, 4.69) is 30.1 Å². The Balaban J connectivity index is 1.79. The standard InChI is InChI=1S/C22H22Cl2N2O2/c1-4-26(5-2)15-9-10-18(14(3)13-15)25-22(27)20-12-11-19(28-20)16-7-6-8-17(23)21(16)24/h6-13H,4-5H2,1-3H3,(H,25,27). The Bertz CT molecular complexity index is 994. The van der Waals surface area contributed by atoms with Gasteiger partial charge in [-0.15, -0.1) is 0 Å². The van der Waals surface area contributed by atoms with E-state index in [-0.39, 0.29) is 11.7 Å². The van der Waals surface area contributed by atoms with E-state index in [0.717, 1.165) is 30.0 Å². The van der Waals surface area contributed by atoms with E-state index in [4.69, 9.17) is 27.6 Å². The first-order valence-electron chi connectivity index (χ1n) is 9.15. The zero-order valence-corrected chi connectivity index (χ0v) is 17.6. The topological polar surface area (TPSA) is 45.5 Å². The van der Waals surface area contributed by atoms with Crippen LogP contribution in [0.1, 0.15) is 30.0 Å². The molecule has 4 nitrogen and oxygen atoms in total. The largest absolute Gasteiger partial charge is 0.451 e. The molecule has 6 heteroatoms. The minimum absolute atomic E-state index is 0.207. The summed E-state index contributed by atoms with van der Waals surface area (Å²) >= 11 is 12.3. The monoisotopic (exact) mass is 416 g/mol. The van der Waals surface area contributed by atoms with Crippen molar-refractivity contribution in [3.8, 4) is 11.3 Å². The number of anilines is 2. The van der Waals surface area contributed by atoms with E-state index < -0.39 is 0 Å². The number of hydrogen-bond acceptors (Lipinski definition) is 3. The zero-order chi connectivity index (χ0) is 20.3. The number of hydrogen-bond donors (Lipinski definition) is 1. The fraction of sp³-hybridized carbons (Fsp3) is 0.227. The molecule has 0 aliphatic rings. The second-order valence-electron chi connectivity index (χ2n) is 6.39. The summed E-state index contributed by atoms with van der Waals surface area (Å²) in [6, 6.07) is 14.6. The SMILES string of the molecule is CCN(CC)c1ccc(NC(=O)c2ccc(-c3cccc(Cl)c3Cl)o2)c(C)c1. The van der Waals surface area contributed by atoms with Crippen molar-refractivity contribution in [1.29, 1.82) is 0 Å². The molecule has 0 unspecified atom stereocenters. The van der Waals surface area contributed by atoms with Crippen molar-refractivity contribution in [2.24, 2.45) is 0 Å². The van der Waals surface area contributed by atoms with E-state index in [1.807, 2.05) is 19.1 Å². The number of benzene rings is 2. The van der Waals surface area contributed by atoms with Crippen LogP contribution < -0.4 is 10.2 Å². The number of nitrogens with one attached hydrogen (secondary N) is 1. The Labute approximate surface area is 175 Å². The number of furan rings is 1. The van der Waals surface area contributed by atoms with Gasteiger partial charge in [-0.1, -0.05) is 29.3 Å². The van der Waals surface area contributed by atoms with Gasteiger partial charge in [-0.05, 0) is 68.8 Å². The maximum atomic E-state index is 12.6. The molecule has 0 saturated carbocycles. The summed E-state index contributed by atoms with van der Waals surface area (Å²) in [5.41, 5.74) is 3.52. The third-order valence-electron chi connectivity index (χ3n) is 4.63. The Hall–Kier alpha value is -2.43. The molecule has 0 radical (unpaired) electrons. The maximum absolute atomic E-state index is 12.6. The number of aryl methyl sites for hydroxylation is 1. The Morgan fingerprint density at radius 3 is 2.50 bits per heavy atom. The van der Waals surface area contributed by atoms with Gasteiger partial charge in [0.05, 0.1) is 10.0 Å². The zero-order valence-electron chi connectivity index (χ0n) is 16.1. The first-order valence-corrected chi connectivity index (χ1v) is 9.91. The molecular formula is C22H22Cl2N2O2. The van der Waals surface area contributed by atoms with E-state index in [0.29, 0.717) is 21.4 Å². The van der Waals surface area contributed by atoms with Crippen molar-refractivity contribution in [2.45, 2.75) is 20.8 Å². The molecule has 0 saturated heterocycles. The van der Waals surface area contributed by atoms with Crippen LogP contribution in [-0.4, -0.2) is 19.0 Å². The summed E-state index contributed by atoms with van der Waals surface area (Å²) in [5, 5.41) is 3.74. The lowest BCUT2D eigenvalue weighted by molar-refractivity contribution is 0.0997. The van der Waals surface area contributed by atoms with Crippen LogP contribution in [0, 0.1) is 6.92 Å². The summed E-state index contributed by atoms with van der Waals surface area (Å²) in [6.45, 7) is 8.08. The average molecular weight is 417 g/mol. The van der Waals surface area contributed by atoms with Crippen LogP contribution in [0.15, 0.2) is 52.9 Å². The smallest absolute Gasteiger partial charge is 0.291 e. The van der Waals surface area contributed by atoms with Gasteiger partial charge in [-0.3, -0.25) is 4.79 Å². The van der Waals surface area contributed by atoms with Gasteiger partial charge in [-0.25, -0.2) is 0 Å². The first-order chi connectivity index (χ1) is 13.4. The van der Waals surface area contributed by atoms with Gasteiger partial charge < -0.3 is 14.6 Å². The van der Waals surface area contributed by atoms with Crippen LogP contribution in [0.3, 0.4) is 0 Å². The van der Waals surface area contributed by atoms with Crippen LogP contribution in [0.25, 0.3) is 11.3 Å². The van der Waals surface area contributed by atoms with E-state index in [1.54, 1.807) is 30.3 Å². The molecule has 0 bridgehead atoms. The van der Waals surface area contributed by atoms with Gasteiger partial charge in [-0.2, -0.15) is 0 Å². The summed E-state index contributed by atoms with van der Waals surface area (Å²) < 4.78 is 5.71. The molecule has 0 spiro atoms. The molecule has 1 aromatic heterocycles. The van der Waals surface area contributed by atoms with Gasteiger partial charge in [0.15, 0.2) is 5.76 Å². The molecule has 3 rings (SSSR count). The molecule has 0 atom stereocenters. The lowest BCUT2D eigenvalue weighted by Gasteiger charge is -2.22. The average Bonchev–Trinajstić information content (AvgIpc) is 3.17. The van der Waals surface area contributed by atoms with Crippen molar-refractivity contribution in [1.82, 2.24) is 0 Å². The minimum atomic E-state index is -0.317. The van der Waals surface area contributed by atoms with Crippen LogP contribution >= 0.6 is 23.2 Å². The van der Waals surface area contributed by atoms with E-state index in [9.17, 15) is 4.79 Å². The Morgan fingerprint density at radius 1 is 1.07 bits per heavy atom. The Morgan fingerprint density at radius 2 is 1.82 bits per heavy atom. The predicted octanol–water partition coefficient (Wildman–Crippen LogP) is 6.66. The third kappa shape index (κ3) is 4.18. The highest BCUT2D eigenvalue weighted by atomic mass is 35.5. The second-order valence-corrected chi connectivity index (χ2v) is 7.18. The molecule has 1 N–H and O–H groups in total. The molecular weight excluding hydrogens is 395 g/mol. The quantitative estimate of drug-likeness (QED) is 0.488. The van der Waals surface area contributed by atoms with Crippen molar-refractivity contribution in [3.05, 3.63) is 69.9 Å². The summed E-state index contributed by atoms with van der Waals surface area (Å²) in [5.74, 6) is 0.382. The van der Waals surface area contributed by atoms with Gasteiger partial charge in [0.25, 0.3) is 5.91 Å². The van der Waals surface area contributed by atoms with E-state index in [1.165, 1.54) is 0 Å². The maximum Gasteiger partial charge on any atom is 0.291 e. The van der Waals surface area contributed by atoms with Gasteiger partial charge in [0, 0.05) is 30.0 Å². The predicted molar refractivity (Wildman–Crippen MR) is 117 cm³/mol. The fourth-order valence-corrected chi connectivity index (χ4v) is 3.45. The number of rotatable bonds is 6. The molecule has 2 aromatic carbocycles. The number of carbonyl (C=O) groups is 1. The summed E-state index contributed by atoms with van der Waals surface area (Å²) in [4.78, 5) is 14.9. The van der Waals surface area contributed by atoms with Crippen molar-refractivity contribution < 1.29 is 9.21 Å². The Kier molecular flexibility index (Phi) is 6.32. The number of amides is 1. The molecule has 1 amide bonds. The normalized spacial score (nSPS) is 10.8. The highest BCUT2D eigenvalue weighted by Crippen LogP contribution is 2.34. The molecule has 28 heavy (non-hydrogen) atoms. The van der Waals surface area contributed by atoms with Crippen LogP contribution in [-0.2, 0) is 0 Å². The molecule has 146 valence electrons. The third-order valence-corrected chi connectivity index (χ3v) is 5.45. The van der Waals surface area contributed by atoms with Gasteiger partial charge in [0.1, 0.15) is 5.76 Å². The number of carbonyl (C=O) groups excluding carboxylic acids is 1. The molecule has 0 aliphatic carbocycles. The summed E-state index contributed by atoms with van der Waals surface area (Å²) in [6.07, 6.45) is 0. The van der Waals surface area contributed by atoms with E-state index >= 15 is 0 Å². The second kappa shape index (κ2) is 8.72. The van der Waals surface area contributed by atoms with Gasteiger partial charge >= 0.3 is 0 Å². The lowest BCUT2D eigenvalue weighted by atomic mass is 10.1. The molecule has 0 fully saturated rings. The molecule has 3 aromatic rings. The highest BCUT2D eigenvalue weighted by molar-refractivity contribution is 6.43. The van der Waals surface area contributed by atoms with Crippen LogP contribution in [0.2, 0.25) is 10.0 Å². The van der Waals surface area contributed by atoms with Crippen molar-refractivity contribution in [2.75, 3.05) is 23.3 Å². The summed E-state index contributed by atoms with van der Waals surface area (Å²) in [7, 11) is 0. The molecule has 0 aliphatic heterocycles.